The van der Waals surface area contributed by atoms with Gasteiger partial charge in [-0.15, -0.1) is 0 Å². The topological polar surface area (TPSA) is 97.0 Å². The molecule has 1 saturated heterocycles. The summed E-state index contributed by atoms with van der Waals surface area (Å²) in [5.74, 6) is -0.568. The van der Waals surface area contributed by atoms with E-state index >= 15 is 0 Å². The highest BCUT2D eigenvalue weighted by Gasteiger charge is 2.36. The van der Waals surface area contributed by atoms with E-state index < -0.39 is 23.8 Å². The number of benzene rings is 2. The zero-order valence-corrected chi connectivity index (χ0v) is 15.9. The molecule has 0 saturated carbocycles. The quantitative estimate of drug-likeness (QED) is 0.765. The molecule has 29 heavy (non-hydrogen) atoms. The maximum Gasteiger partial charge on any atom is 0.283 e. The van der Waals surface area contributed by atoms with Gasteiger partial charge in [-0.3, -0.25) is 25.2 Å². The van der Waals surface area contributed by atoms with Crippen LogP contribution in [-0.4, -0.2) is 37.0 Å². The molecule has 2 N–H and O–H groups in total. The standard InChI is InChI=1S/C21H21N3O5/c1-13-6-8-15(9-7-13)24-11-14(10-19(24)25)20(26)22-23-21(27)18-12-28-16-4-2-3-5-17(16)29-18/h2-9,14,18H,10-12H2,1H3,(H,22,26)(H,23,27)/t14-,18+/m1/s1. The highest BCUT2D eigenvalue weighted by Crippen LogP contribution is 2.31. The molecule has 2 aromatic rings. The number of para-hydroxylation sites is 2. The molecule has 0 radical (unpaired) electrons. The van der Waals surface area contributed by atoms with Gasteiger partial charge in [0.05, 0.1) is 5.92 Å². The van der Waals surface area contributed by atoms with Crippen molar-refractivity contribution in [2.24, 2.45) is 5.92 Å². The normalized spacial score (nSPS) is 20.3. The summed E-state index contributed by atoms with van der Waals surface area (Å²) < 4.78 is 11.1. The van der Waals surface area contributed by atoms with Crippen LogP contribution in [0.1, 0.15) is 12.0 Å². The van der Waals surface area contributed by atoms with Crippen molar-refractivity contribution in [1.29, 1.82) is 0 Å². The van der Waals surface area contributed by atoms with Crippen LogP contribution in [0.5, 0.6) is 11.5 Å². The smallest absolute Gasteiger partial charge is 0.283 e. The first kappa shape index (κ1) is 18.8. The van der Waals surface area contributed by atoms with Gasteiger partial charge in [-0.25, -0.2) is 0 Å². The number of hydrogen-bond donors (Lipinski definition) is 2. The van der Waals surface area contributed by atoms with Crippen LogP contribution < -0.4 is 25.2 Å². The Balaban J connectivity index is 1.30. The lowest BCUT2D eigenvalue weighted by atomic mass is 10.1. The molecule has 4 rings (SSSR count). The molecule has 0 bridgehead atoms. The predicted molar refractivity (Wildman–Crippen MR) is 104 cm³/mol. The molecule has 2 atom stereocenters. The Morgan fingerprint density at radius 1 is 1.00 bits per heavy atom. The SMILES string of the molecule is Cc1ccc(N2C[C@H](C(=O)NNC(=O)[C@@H]3COc4ccccc4O3)CC2=O)cc1. The second-order valence-corrected chi connectivity index (χ2v) is 7.08. The van der Waals surface area contributed by atoms with Gasteiger partial charge in [0.25, 0.3) is 5.91 Å². The fourth-order valence-electron chi connectivity index (χ4n) is 3.31. The first-order valence-corrected chi connectivity index (χ1v) is 9.36. The van der Waals surface area contributed by atoms with Crippen molar-refractivity contribution in [1.82, 2.24) is 10.9 Å². The van der Waals surface area contributed by atoms with Gasteiger partial charge in [0.2, 0.25) is 17.9 Å². The number of rotatable bonds is 3. The van der Waals surface area contributed by atoms with Gasteiger partial charge >= 0.3 is 0 Å². The van der Waals surface area contributed by atoms with E-state index in [1.165, 1.54) is 0 Å². The number of nitrogens with zero attached hydrogens (tertiary/aromatic N) is 1. The minimum Gasteiger partial charge on any atom is -0.485 e. The van der Waals surface area contributed by atoms with Gasteiger partial charge in [0, 0.05) is 18.7 Å². The van der Waals surface area contributed by atoms with Crippen molar-refractivity contribution >= 4 is 23.4 Å². The molecule has 3 amide bonds. The van der Waals surface area contributed by atoms with Crippen molar-refractivity contribution in [2.75, 3.05) is 18.1 Å². The maximum atomic E-state index is 12.4. The average Bonchev–Trinajstić information content (AvgIpc) is 3.13. The van der Waals surface area contributed by atoms with Crippen molar-refractivity contribution in [3.63, 3.8) is 0 Å². The van der Waals surface area contributed by atoms with Crippen LogP contribution in [0, 0.1) is 12.8 Å². The summed E-state index contributed by atoms with van der Waals surface area (Å²) in [5.41, 5.74) is 6.61. The number of hydrogen-bond acceptors (Lipinski definition) is 5. The molecule has 150 valence electrons. The lowest BCUT2D eigenvalue weighted by molar-refractivity contribution is -0.136. The summed E-state index contributed by atoms with van der Waals surface area (Å²) >= 11 is 0. The van der Waals surface area contributed by atoms with E-state index in [-0.39, 0.29) is 25.5 Å². The molecule has 1 fully saturated rings. The molecule has 2 aliphatic rings. The maximum absolute atomic E-state index is 12.4. The van der Waals surface area contributed by atoms with Crippen molar-refractivity contribution in [3.8, 4) is 11.5 Å². The molecule has 8 nitrogen and oxygen atoms in total. The van der Waals surface area contributed by atoms with Gasteiger partial charge < -0.3 is 14.4 Å². The van der Waals surface area contributed by atoms with Crippen LogP contribution in [0.15, 0.2) is 48.5 Å². The van der Waals surface area contributed by atoms with Crippen molar-refractivity contribution in [3.05, 3.63) is 54.1 Å². The zero-order valence-electron chi connectivity index (χ0n) is 15.9. The third kappa shape index (κ3) is 4.01. The Kier molecular flexibility index (Phi) is 5.07. The minimum atomic E-state index is -0.875. The summed E-state index contributed by atoms with van der Waals surface area (Å²) in [6.07, 6.45) is -0.786. The Morgan fingerprint density at radius 2 is 1.69 bits per heavy atom. The Hall–Kier alpha value is -3.55. The fraction of sp³-hybridized carbons (Fsp3) is 0.286. The number of fused-ring (bicyclic) bond motifs is 1. The van der Waals surface area contributed by atoms with Gasteiger partial charge in [0.15, 0.2) is 11.5 Å². The van der Waals surface area contributed by atoms with Crippen LogP contribution in [0.4, 0.5) is 5.69 Å². The van der Waals surface area contributed by atoms with Gasteiger partial charge in [-0.05, 0) is 31.2 Å². The van der Waals surface area contributed by atoms with E-state index in [9.17, 15) is 14.4 Å². The van der Waals surface area contributed by atoms with E-state index in [0.29, 0.717) is 11.5 Å². The van der Waals surface area contributed by atoms with E-state index in [0.717, 1.165) is 11.3 Å². The number of carbonyl (C=O) groups is 3. The number of nitrogens with one attached hydrogen (secondary N) is 2. The van der Waals surface area contributed by atoms with E-state index in [2.05, 4.69) is 10.9 Å². The van der Waals surface area contributed by atoms with Crippen molar-refractivity contribution in [2.45, 2.75) is 19.4 Å². The number of ether oxygens (including phenoxy) is 2. The minimum absolute atomic E-state index is 0.0435. The number of anilines is 1. The Labute approximate surface area is 167 Å². The number of amides is 3. The molecule has 0 aromatic heterocycles. The molecule has 8 heteroatoms. The summed E-state index contributed by atoms with van der Waals surface area (Å²) in [6, 6.07) is 14.6. The Bertz CT molecular complexity index is 944. The number of hydrazine groups is 1. The molecular weight excluding hydrogens is 374 g/mol. The molecular formula is C21H21N3O5. The molecule has 2 aromatic carbocycles. The molecule has 0 unspecified atom stereocenters. The molecule has 0 spiro atoms. The first-order chi connectivity index (χ1) is 14.0. The highest BCUT2D eigenvalue weighted by atomic mass is 16.6. The Morgan fingerprint density at radius 3 is 2.45 bits per heavy atom. The summed E-state index contributed by atoms with van der Waals surface area (Å²) in [5, 5.41) is 0. The molecule has 0 aliphatic carbocycles. The van der Waals surface area contributed by atoms with Crippen LogP contribution in [0.25, 0.3) is 0 Å². The molecule has 2 aliphatic heterocycles. The summed E-state index contributed by atoms with van der Waals surface area (Å²) in [6.45, 7) is 2.27. The predicted octanol–water partition coefficient (Wildman–Crippen LogP) is 1.34. The van der Waals surface area contributed by atoms with Gasteiger partial charge in [-0.1, -0.05) is 29.8 Å². The van der Waals surface area contributed by atoms with Crippen LogP contribution in [-0.2, 0) is 14.4 Å². The zero-order chi connectivity index (χ0) is 20.4. The largest absolute Gasteiger partial charge is 0.485 e. The van der Waals surface area contributed by atoms with Crippen LogP contribution in [0.2, 0.25) is 0 Å². The second-order valence-electron chi connectivity index (χ2n) is 7.08. The van der Waals surface area contributed by atoms with Gasteiger partial charge in [-0.2, -0.15) is 0 Å². The third-order valence-electron chi connectivity index (χ3n) is 4.95. The third-order valence-corrected chi connectivity index (χ3v) is 4.95. The van der Waals surface area contributed by atoms with E-state index in [1.54, 1.807) is 23.1 Å². The first-order valence-electron chi connectivity index (χ1n) is 9.36. The lowest BCUT2D eigenvalue weighted by Crippen LogP contribution is -2.52. The lowest BCUT2D eigenvalue weighted by Gasteiger charge is -2.25. The monoisotopic (exact) mass is 395 g/mol. The second kappa shape index (κ2) is 7.83. The number of aryl methyl sites for hydroxylation is 1. The van der Waals surface area contributed by atoms with E-state index in [1.807, 2.05) is 37.3 Å². The van der Waals surface area contributed by atoms with Crippen LogP contribution >= 0.6 is 0 Å². The average molecular weight is 395 g/mol. The highest BCUT2D eigenvalue weighted by molar-refractivity contribution is 6.00. The fourth-order valence-corrected chi connectivity index (χ4v) is 3.31. The summed E-state index contributed by atoms with van der Waals surface area (Å²) in [7, 11) is 0. The molecule has 2 heterocycles. The van der Waals surface area contributed by atoms with Gasteiger partial charge in [0.1, 0.15) is 6.61 Å². The number of carbonyl (C=O) groups excluding carboxylic acids is 3. The van der Waals surface area contributed by atoms with E-state index in [4.69, 9.17) is 9.47 Å². The van der Waals surface area contributed by atoms with Crippen LogP contribution in [0.3, 0.4) is 0 Å². The van der Waals surface area contributed by atoms with Crippen molar-refractivity contribution < 1.29 is 23.9 Å². The summed E-state index contributed by atoms with van der Waals surface area (Å²) in [4.78, 5) is 38.6.